The van der Waals surface area contributed by atoms with Crippen molar-refractivity contribution in [3.05, 3.63) is 81.3 Å². The van der Waals surface area contributed by atoms with Crippen molar-refractivity contribution in [2.24, 2.45) is 0 Å². The van der Waals surface area contributed by atoms with Crippen molar-refractivity contribution in [1.82, 2.24) is 4.31 Å². The molecule has 10 heteroatoms. The van der Waals surface area contributed by atoms with Gasteiger partial charge in [0, 0.05) is 35.7 Å². The van der Waals surface area contributed by atoms with Crippen LogP contribution < -0.4 is 14.4 Å². The van der Waals surface area contributed by atoms with Crippen molar-refractivity contribution in [2.45, 2.75) is 10.9 Å². The summed E-state index contributed by atoms with van der Waals surface area (Å²) in [5, 5.41) is 1.64. The van der Waals surface area contributed by atoms with Gasteiger partial charge < -0.3 is 14.4 Å². The Balaban J connectivity index is 1.71. The third-order valence-corrected chi connectivity index (χ3v) is 8.46. The van der Waals surface area contributed by atoms with E-state index in [1.54, 1.807) is 30.3 Å². The molecule has 1 saturated heterocycles. The van der Waals surface area contributed by atoms with E-state index in [9.17, 15) is 8.42 Å². The Kier molecular flexibility index (Phi) is 7.50. The molecule has 1 aliphatic heterocycles. The lowest BCUT2D eigenvalue weighted by Crippen LogP contribution is -2.50. The minimum Gasteiger partial charge on any atom is -0.493 e. The topological polar surface area (TPSA) is 59.1 Å². The highest BCUT2D eigenvalue weighted by molar-refractivity contribution is 7.89. The Labute approximate surface area is 214 Å². The Morgan fingerprint density at radius 2 is 1.50 bits per heavy atom. The summed E-state index contributed by atoms with van der Waals surface area (Å²) in [6, 6.07) is 17.0. The lowest BCUT2D eigenvalue weighted by molar-refractivity contribution is 0.334. The molecule has 1 heterocycles. The van der Waals surface area contributed by atoms with Crippen molar-refractivity contribution in [2.75, 3.05) is 38.8 Å². The Bertz CT molecular complexity index is 1290. The van der Waals surface area contributed by atoms with Gasteiger partial charge in [-0.3, -0.25) is 0 Å². The quantitative estimate of drug-likeness (QED) is 0.388. The minimum atomic E-state index is -3.80. The molecular formula is C24H23Cl3N2O4S. The van der Waals surface area contributed by atoms with Crippen LogP contribution in [0.4, 0.5) is 5.69 Å². The van der Waals surface area contributed by atoms with Crippen LogP contribution in [0.3, 0.4) is 0 Å². The molecule has 3 aromatic rings. The predicted molar refractivity (Wildman–Crippen MR) is 136 cm³/mol. The second kappa shape index (κ2) is 10.2. The van der Waals surface area contributed by atoms with Gasteiger partial charge in [0.25, 0.3) is 0 Å². The van der Waals surface area contributed by atoms with E-state index >= 15 is 0 Å². The van der Waals surface area contributed by atoms with Crippen LogP contribution in [0.1, 0.15) is 11.6 Å². The lowest BCUT2D eigenvalue weighted by Gasteiger charge is -2.42. The number of methoxy groups -OCH3 is 2. The number of sulfonamides is 1. The number of benzene rings is 3. The van der Waals surface area contributed by atoms with Gasteiger partial charge in [-0.05, 0) is 48.0 Å². The molecular weight excluding hydrogens is 519 g/mol. The Morgan fingerprint density at radius 3 is 2.15 bits per heavy atom. The predicted octanol–water partition coefficient (Wildman–Crippen LogP) is 5.92. The van der Waals surface area contributed by atoms with Crippen LogP contribution in [0.25, 0.3) is 0 Å². The second-order valence-electron chi connectivity index (χ2n) is 7.74. The Morgan fingerprint density at radius 1 is 0.824 bits per heavy atom. The molecule has 4 rings (SSSR count). The van der Waals surface area contributed by atoms with Gasteiger partial charge in [0.1, 0.15) is 0 Å². The number of anilines is 1. The van der Waals surface area contributed by atoms with Crippen molar-refractivity contribution in [3.63, 3.8) is 0 Å². The zero-order valence-electron chi connectivity index (χ0n) is 18.5. The van der Waals surface area contributed by atoms with E-state index in [-0.39, 0.29) is 24.0 Å². The summed E-state index contributed by atoms with van der Waals surface area (Å²) in [4.78, 5) is 2.24. The van der Waals surface area contributed by atoms with Crippen LogP contribution in [0.2, 0.25) is 15.1 Å². The number of ether oxygens (including phenoxy) is 2. The summed E-state index contributed by atoms with van der Waals surface area (Å²) in [5.74, 6) is 0.812. The highest BCUT2D eigenvalue weighted by atomic mass is 35.5. The zero-order chi connectivity index (χ0) is 24.5. The van der Waals surface area contributed by atoms with Crippen LogP contribution >= 0.6 is 34.8 Å². The fraction of sp³-hybridized carbons (Fsp3) is 0.250. The first kappa shape index (κ1) is 24.9. The molecule has 0 aliphatic carbocycles. The monoisotopic (exact) mass is 540 g/mol. The molecule has 0 amide bonds. The highest BCUT2D eigenvalue weighted by Crippen LogP contribution is 2.38. The molecule has 0 radical (unpaired) electrons. The van der Waals surface area contributed by atoms with Gasteiger partial charge in [-0.15, -0.1) is 0 Å². The minimum absolute atomic E-state index is 0.137. The molecule has 1 fully saturated rings. The van der Waals surface area contributed by atoms with E-state index in [1.165, 1.54) is 30.7 Å². The standard InChI is InChI=1S/C24H23Cl3N2O4S/c1-32-23-10-8-19(14-24(23)33-2)34(30,31)28-11-12-29(21-9-7-18(26)13-20(21)27)22(15-28)16-3-5-17(25)6-4-16/h3-10,13-14,22H,11-12,15H2,1-2H3. The van der Waals surface area contributed by atoms with E-state index in [0.29, 0.717) is 33.1 Å². The second-order valence-corrected chi connectivity index (χ2v) is 11.0. The highest BCUT2D eigenvalue weighted by Gasteiger charge is 2.36. The summed E-state index contributed by atoms with van der Waals surface area (Å²) in [6.07, 6.45) is 0. The fourth-order valence-corrected chi connectivity index (χ4v) is 6.17. The summed E-state index contributed by atoms with van der Waals surface area (Å²) < 4.78 is 39.2. The number of hydrogen-bond acceptors (Lipinski definition) is 5. The van der Waals surface area contributed by atoms with E-state index in [2.05, 4.69) is 4.90 Å². The molecule has 34 heavy (non-hydrogen) atoms. The van der Waals surface area contributed by atoms with Gasteiger partial charge in [-0.25, -0.2) is 8.42 Å². The number of piperazine rings is 1. The van der Waals surface area contributed by atoms with Crippen LogP contribution in [-0.4, -0.2) is 46.6 Å². The third kappa shape index (κ3) is 4.95. The van der Waals surface area contributed by atoms with Gasteiger partial charge in [0.05, 0.1) is 35.9 Å². The number of rotatable bonds is 6. The smallest absolute Gasteiger partial charge is 0.243 e. The maximum absolute atomic E-state index is 13.6. The van der Waals surface area contributed by atoms with Crippen molar-refractivity contribution >= 4 is 50.5 Å². The lowest BCUT2D eigenvalue weighted by atomic mass is 10.0. The van der Waals surface area contributed by atoms with Crippen molar-refractivity contribution < 1.29 is 17.9 Å². The summed E-state index contributed by atoms with van der Waals surface area (Å²) in [7, 11) is -0.825. The van der Waals surface area contributed by atoms with E-state index < -0.39 is 10.0 Å². The maximum atomic E-state index is 13.6. The Hall–Kier alpha value is -2.16. The number of halogens is 3. The van der Waals surface area contributed by atoms with E-state index in [0.717, 1.165) is 11.3 Å². The molecule has 0 aromatic heterocycles. The molecule has 0 N–H and O–H groups in total. The van der Waals surface area contributed by atoms with Gasteiger partial charge in [-0.2, -0.15) is 4.31 Å². The zero-order valence-corrected chi connectivity index (χ0v) is 21.6. The molecule has 3 aromatic carbocycles. The van der Waals surface area contributed by atoms with Crippen LogP contribution in [-0.2, 0) is 10.0 Å². The van der Waals surface area contributed by atoms with Crippen LogP contribution in [0.15, 0.2) is 65.6 Å². The molecule has 6 nitrogen and oxygen atoms in total. The van der Waals surface area contributed by atoms with E-state index in [4.69, 9.17) is 44.3 Å². The molecule has 1 unspecified atom stereocenters. The summed E-state index contributed by atoms with van der Waals surface area (Å²) >= 11 is 18.7. The largest absolute Gasteiger partial charge is 0.493 e. The van der Waals surface area contributed by atoms with Gasteiger partial charge >= 0.3 is 0 Å². The first-order chi connectivity index (χ1) is 16.2. The SMILES string of the molecule is COc1ccc(S(=O)(=O)N2CCN(c3ccc(Cl)cc3Cl)C(c3ccc(Cl)cc3)C2)cc1OC. The van der Waals surface area contributed by atoms with Crippen LogP contribution in [0.5, 0.6) is 11.5 Å². The van der Waals surface area contributed by atoms with Gasteiger partial charge in [-0.1, -0.05) is 46.9 Å². The van der Waals surface area contributed by atoms with Crippen molar-refractivity contribution in [1.29, 1.82) is 0 Å². The molecule has 1 atom stereocenters. The van der Waals surface area contributed by atoms with Gasteiger partial charge in [0.15, 0.2) is 11.5 Å². The average Bonchev–Trinajstić information content (AvgIpc) is 2.84. The van der Waals surface area contributed by atoms with Crippen LogP contribution in [0, 0.1) is 0 Å². The fourth-order valence-electron chi connectivity index (χ4n) is 4.08. The van der Waals surface area contributed by atoms with Crippen molar-refractivity contribution in [3.8, 4) is 11.5 Å². The third-order valence-electron chi connectivity index (χ3n) is 5.81. The maximum Gasteiger partial charge on any atom is 0.243 e. The van der Waals surface area contributed by atoms with E-state index in [1.807, 2.05) is 18.2 Å². The van der Waals surface area contributed by atoms with Gasteiger partial charge in [0.2, 0.25) is 10.0 Å². The number of hydrogen-bond donors (Lipinski definition) is 0. The summed E-state index contributed by atoms with van der Waals surface area (Å²) in [5.41, 5.74) is 1.71. The normalized spacial score (nSPS) is 17.0. The number of nitrogens with zero attached hydrogens (tertiary/aromatic N) is 2. The molecule has 1 aliphatic rings. The summed E-state index contributed by atoms with van der Waals surface area (Å²) in [6.45, 7) is 0.929. The first-order valence-electron chi connectivity index (χ1n) is 10.4. The molecule has 0 bridgehead atoms. The molecule has 0 saturated carbocycles. The molecule has 0 spiro atoms. The average molecular weight is 542 g/mol. The first-order valence-corrected chi connectivity index (χ1v) is 13.0. The molecule has 180 valence electrons.